The van der Waals surface area contributed by atoms with Gasteiger partial charge >= 0.3 is 5.97 Å². The molecule has 0 fully saturated rings. The van der Waals surface area contributed by atoms with Crippen molar-refractivity contribution >= 4 is 50.2 Å². The highest BCUT2D eigenvalue weighted by Crippen LogP contribution is 2.43. The number of rotatable bonds is 5. The summed E-state index contributed by atoms with van der Waals surface area (Å²) in [5.41, 5.74) is 7.38. The zero-order chi connectivity index (χ0) is 23.8. The Morgan fingerprint density at radius 1 is 0.882 bits per heavy atom. The number of benzene rings is 4. The number of ether oxygens (including phenoxy) is 1. The highest BCUT2D eigenvalue weighted by atomic mass is 127. The number of esters is 1. The van der Waals surface area contributed by atoms with Crippen LogP contribution in [0.5, 0.6) is 0 Å². The molecule has 0 saturated carbocycles. The van der Waals surface area contributed by atoms with Gasteiger partial charge in [-0.3, -0.25) is 0 Å². The number of halogens is 1. The van der Waals surface area contributed by atoms with Crippen molar-refractivity contribution in [3.05, 3.63) is 105 Å². The molecule has 0 aliphatic heterocycles. The van der Waals surface area contributed by atoms with Crippen LogP contribution in [0.15, 0.2) is 78.9 Å². The maximum absolute atomic E-state index is 13.3. The molecule has 0 N–H and O–H groups in total. The van der Waals surface area contributed by atoms with E-state index in [9.17, 15) is 4.79 Å². The molecule has 4 aromatic carbocycles. The van der Waals surface area contributed by atoms with Gasteiger partial charge in [-0.15, -0.1) is 0 Å². The van der Waals surface area contributed by atoms with Gasteiger partial charge < -0.3 is 9.30 Å². The summed E-state index contributed by atoms with van der Waals surface area (Å²) in [5.74, 6) is -0.266. The summed E-state index contributed by atoms with van der Waals surface area (Å²) in [6.07, 6.45) is 0. The predicted octanol–water partition coefficient (Wildman–Crippen LogP) is 7.91. The van der Waals surface area contributed by atoms with Gasteiger partial charge in [-0.25, -0.2) is 4.79 Å². The molecule has 5 rings (SSSR count). The molecular weight excluding hydrogens is 533 g/mol. The summed E-state index contributed by atoms with van der Waals surface area (Å²) in [5, 5.41) is 3.20. The smallest absolute Gasteiger partial charge is 0.340 e. The van der Waals surface area contributed by atoms with Crippen LogP contribution in [0.3, 0.4) is 0 Å². The Morgan fingerprint density at radius 2 is 1.53 bits per heavy atom. The van der Waals surface area contributed by atoms with E-state index in [1.807, 2.05) is 26.0 Å². The van der Waals surface area contributed by atoms with E-state index in [1.54, 1.807) is 0 Å². The van der Waals surface area contributed by atoms with E-state index in [1.165, 1.54) is 14.7 Å². The average Bonchev–Trinajstić information content (AvgIpc) is 3.13. The molecular formula is C30H26INO2. The lowest BCUT2D eigenvalue weighted by atomic mass is 9.95. The molecule has 0 amide bonds. The molecule has 4 heteroatoms. The van der Waals surface area contributed by atoms with Crippen LogP contribution in [0.25, 0.3) is 32.8 Å². The first-order valence-electron chi connectivity index (χ1n) is 11.5. The number of nitrogens with zero attached hydrogens (tertiary/aromatic N) is 1. The molecule has 0 unspecified atom stereocenters. The Morgan fingerprint density at radius 3 is 2.21 bits per heavy atom. The van der Waals surface area contributed by atoms with Crippen LogP contribution in [0.4, 0.5) is 0 Å². The molecule has 0 radical (unpaired) electrons. The summed E-state index contributed by atoms with van der Waals surface area (Å²) < 4.78 is 9.05. The number of carbonyl (C=O) groups is 1. The maximum atomic E-state index is 13.3. The molecule has 0 saturated heterocycles. The second-order valence-electron chi connectivity index (χ2n) is 8.58. The number of hydrogen-bond donors (Lipinski definition) is 0. The largest absolute Gasteiger partial charge is 0.462 e. The fraction of sp³-hybridized carbons (Fsp3) is 0.167. The first-order valence-corrected chi connectivity index (χ1v) is 12.6. The zero-order valence-corrected chi connectivity index (χ0v) is 21.7. The van der Waals surface area contributed by atoms with Gasteiger partial charge in [-0.1, -0.05) is 84.4 Å². The van der Waals surface area contributed by atoms with Gasteiger partial charge in [0.25, 0.3) is 0 Å². The topological polar surface area (TPSA) is 31.2 Å². The molecule has 5 aromatic rings. The molecule has 170 valence electrons. The standard InChI is InChI=1S/C30H26INO2/c1-4-34-30(33)25-20(3)32(18-21-10-6-5-7-11-21)29-26(22-16-14-19(2)15-17-22)28(31)24-13-9-8-12-23(24)27(25)29/h5-17H,4,18H2,1-3H3. The average molecular weight is 559 g/mol. The number of aryl methyl sites for hydroxylation is 1. The molecule has 0 aliphatic carbocycles. The van der Waals surface area contributed by atoms with E-state index >= 15 is 0 Å². The van der Waals surface area contributed by atoms with Gasteiger partial charge in [0.05, 0.1) is 17.7 Å². The van der Waals surface area contributed by atoms with Crippen molar-refractivity contribution < 1.29 is 9.53 Å². The van der Waals surface area contributed by atoms with Gasteiger partial charge in [-0.05, 0) is 65.3 Å². The van der Waals surface area contributed by atoms with Crippen molar-refractivity contribution in [2.75, 3.05) is 6.61 Å². The summed E-state index contributed by atoms with van der Waals surface area (Å²) in [4.78, 5) is 13.3. The Labute approximate surface area is 213 Å². The lowest BCUT2D eigenvalue weighted by Gasteiger charge is -2.16. The Balaban J connectivity index is 1.97. The minimum absolute atomic E-state index is 0.266. The van der Waals surface area contributed by atoms with E-state index < -0.39 is 0 Å². The van der Waals surface area contributed by atoms with Crippen molar-refractivity contribution in [2.45, 2.75) is 27.3 Å². The Kier molecular flexibility index (Phi) is 6.17. The Hall–Kier alpha value is -3.12. The minimum atomic E-state index is -0.266. The van der Waals surface area contributed by atoms with E-state index in [0.29, 0.717) is 18.7 Å². The van der Waals surface area contributed by atoms with Crippen LogP contribution < -0.4 is 0 Å². The Bertz CT molecular complexity index is 1520. The zero-order valence-electron chi connectivity index (χ0n) is 19.6. The van der Waals surface area contributed by atoms with Crippen LogP contribution in [-0.4, -0.2) is 17.1 Å². The molecule has 34 heavy (non-hydrogen) atoms. The molecule has 0 spiro atoms. The molecule has 0 aliphatic rings. The SMILES string of the molecule is CCOC(=O)c1c(C)n(Cc2ccccc2)c2c(-c3ccc(C)cc3)c(I)c3ccccc3c12. The van der Waals surface area contributed by atoms with Crippen molar-refractivity contribution in [3.63, 3.8) is 0 Å². The van der Waals surface area contributed by atoms with Crippen molar-refractivity contribution in [3.8, 4) is 11.1 Å². The van der Waals surface area contributed by atoms with Crippen molar-refractivity contribution in [1.29, 1.82) is 0 Å². The number of aromatic nitrogens is 1. The molecule has 0 atom stereocenters. The molecule has 0 bridgehead atoms. The van der Waals surface area contributed by atoms with Gasteiger partial charge in [0.2, 0.25) is 0 Å². The van der Waals surface area contributed by atoms with Gasteiger partial charge in [-0.2, -0.15) is 0 Å². The summed E-state index contributed by atoms with van der Waals surface area (Å²) in [7, 11) is 0. The number of hydrogen-bond acceptors (Lipinski definition) is 2. The molecule has 1 aromatic heterocycles. The monoisotopic (exact) mass is 559 g/mol. The quantitative estimate of drug-likeness (QED) is 0.162. The lowest BCUT2D eigenvalue weighted by molar-refractivity contribution is 0.0527. The third kappa shape index (κ3) is 3.80. The minimum Gasteiger partial charge on any atom is -0.462 e. The predicted molar refractivity (Wildman–Crippen MR) is 149 cm³/mol. The van der Waals surface area contributed by atoms with Crippen molar-refractivity contribution in [2.24, 2.45) is 0 Å². The summed E-state index contributed by atoms with van der Waals surface area (Å²) in [6, 6.07) is 27.4. The first-order chi connectivity index (χ1) is 16.5. The summed E-state index contributed by atoms with van der Waals surface area (Å²) >= 11 is 2.47. The maximum Gasteiger partial charge on any atom is 0.340 e. The molecule has 1 heterocycles. The highest BCUT2D eigenvalue weighted by molar-refractivity contribution is 14.1. The van der Waals surface area contributed by atoms with Gasteiger partial charge in [0, 0.05) is 26.8 Å². The van der Waals surface area contributed by atoms with Gasteiger partial charge in [0.15, 0.2) is 0 Å². The lowest BCUT2D eigenvalue weighted by Crippen LogP contribution is -2.08. The normalized spacial score (nSPS) is 11.3. The highest BCUT2D eigenvalue weighted by Gasteiger charge is 2.27. The number of carbonyl (C=O) groups excluding carboxylic acids is 1. The second kappa shape index (κ2) is 9.26. The fourth-order valence-electron chi connectivity index (χ4n) is 4.79. The van der Waals surface area contributed by atoms with Crippen LogP contribution >= 0.6 is 22.6 Å². The second-order valence-corrected chi connectivity index (χ2v) is 9.66. The van der Waals surface area contributed by atoms with E-state index in [0.717, 1.165) is 38.5 Å². The fourth-order valence-corrected chi connectivity index (χ4v) is 5.83. The van der Waals surface area contributed by atoms with Crippen LogP contribution in [0.1, 0.15) is 34.1 Å². The van der Waals surface area contributed by atoms with E-state index in [-0.39, 0.29) is 5.97 Å². The van der Waals surface area contributed by atoms with Crippen molar-refractivity contribution in [1.82, 2.24) is 4.57 Å². The third-order valence-electron chi connectivity index (χ3n) is 6.42. The van der Waals surface area contributed by atoms with E-state index in [4.69, 9.17) is 4.74 Å². The van der Waals surface area contributed by atoms with Gasteiger partial charge in [0.1, 0.15) is 0 Å². The number of fused-ring (bicyclic) bond motifs is 3. The molecule has 3 nitrogen and oxygen atoms in total. The third-order valence-corrected chi connectivity index (χ3v) is 7.54. The van der Waals surface area contributed by atoms with E-state index in [2.05, 4.69) is 101 Å². The van der Waals surface area contributed by atoms with Crippen LogP contribution in [-0.2, 0) is 11.3 Å². The van der Waals surface area contributed by atoms with Crippen LogP contribution in [0, 0.1) is 17.4 Å². The van der Waals surface area contributed by atoms with Crippen LogP contribution in [0.2, 0.25) is 0 Å². The first kappa shape index (κ1) is 22.7. The summed E-state index contributed by atoms with van der Waals surface area (Å²) in [6.45, 7) is 7.02.